The minimum Gasteiger partial charge on any atom is -0.345 e. The molecule has 0 bridgehead atoms. The Kier molecular flexibility index (Phi) is 5.97. The van der Waals surface area contributed by atoms with Gasteiger partial charge >= 0.3 is 0 Å². The highest BCUT2D eigenvalue weighted by atomic mass is 32.2. The number of aromatic nitrogens is 1. The van der Waals surface area contributed by atoms with Gasteiger partial charge in [-0.05, 0) is 55.3 Å². The van der Waals surface area contributed by atoms with Gasteiger partial charge in [0.05, 0.1) is 11.4 Å². The summed E-state index contributed by atoms with van der Waals surface area (Å²) in [6.45, 7) is 1.04. The summed E-state index contributed by atoms with van der Waals surface area (Å²) >= 11 is 0. The minimum absolute atomic E-state index is 0.138. The molecule has 2 heterocycles. The number of hydrogen-bond acceptors (Lipinski definition) is 5. The molecule has 0 saturated carbocycles. The molecule has 1 aromatic heterocycles. The summed E-state index contributed by atoms with van der Waals surface area (Å²) < 4.78 is 28.5. The highest BCUT2D eigenvalue weighted by Gasteiger charge is 2.29. The zero-order valence-electron chi connectivity index (χ0n) is 17.1. The van der Waals surface area contributed by atoms with Gasteiger partial charge in [-0.15, -0.1) is 0 Å². The Morgan fingerprint density at radius 1 is 0.935 bits per heavy atom. The first-order valence-electron chi connectivity index (χ1n) is 9.98. The summed E-state index contributed by atoms with van der Waals surface area (Å²) in [5.41, 5.74) is 2.25. The Bertz CT molecular complexity index is 1200. The molecule has 0 spiro atoms. The smallest absolute Gasteiger partial charge is 0.272 e. The molecular formula is C22H23N5O3S. The van der Waals surface area contributed by atoms with Gasteiger partial charge in [-0.3, -0.25) is 4.79 Å². The van der Waals surface area contributed by atoms with Gasteiger partial charge in [-0.2, -0.15) is 14.5 Å². The molecule has 2 aromatic carbocycles. The molecule has 8 nitrogen and oxygen atoms in total. The van der Waals surface area contributed by atoms with Crippen LogP contribution in [-0.4, -0.2) is 36.3 Å². The summed E-state index contributed by atoms with van der Waals surface area (Å²) in [7, 11) is -1.91. The molecule has 1 aliphatic rings. The van der Waals surface area contributed by atoms with E-state index in [2.05, 4.69) is 15.5 Å². The molecule has 1 fully saturated rings. The number of carbonyl (C=O) groups is 1. The van der Waals surface area contributed by atoms with Crippen molar-refractivity contribution in [3.8, 4) is 0 Å². The third-order valence-electron chi connectivity index (χ3n) is 5.08. The van der Waals surface area contributed by atoms with Crippen molar-refractivity contribution in [2.45, 2.75) is 17.7 Å². The maximum Gasteiger partial charge on any atom is 0.272 e. The number of anilines is 1. The summed E-state index contributed by atoms with van der Waals surface area (Å²) in [5, 5.41) is 11.1. The lowest BCUT2D eigenvalue weighted by Gasteiger charge is -2.13. The largest absolute Gasteiger partial charge is 0.345 e. The number of nitrogens with one attached hydrogen (secondary N) is 1. The molecule has 1 N–H and O–H groups in total. The Morgan fingerprint density at radius 3 is 2.19 bits per heavy atom. The second-order valence-corrected chi connectivity index (χ2v) is 9.26. The highest BCUT2D eigenvalue weighted by molar-refractivity contribution is 7.89. The lowest BCUT2D eigenvalue weighted by Crippen LogP contribution is -2.27. The van der Waals surface area contributed by atoms with Crippen molar-refractivity contribution < 1.29 is 13.2 Å². The zero-order valence-corrected chi connectivity index (χ0v) is 17.9. The number of aryl methyl sites for hydroxylation is 1. The second-order valence-electron chi connectivity index (χ2n) is 7.32. The number of hydrogen-bond donors (Lipinski definition) is 1. The maximum atomic E-state index is 12.7. The van der Waals surface area contributed by atoms with E-state index >= 15 is 0 Å². The van der Waals surface area contributed by atoms with E-state index in [-0.39, 0.29) is 16.5 Å². The standard InChI is InChI=1S/C22H23N5O3S/c1-26-16-20(31(29,30)27-13-5-6-14-27)15-21(26)22(28)23-17-9-11-19(12-10-17)25-24-18-7-3-2-4-8-18/h2-4,7-12,15-16H,5-6,13-14H2,1H3,(H,23,28). The van der Waals surface area contributed by atoms with E-state index in [1.807, 2.05) is 30.3 Å². The predicted molar refractivity (Wildman–Crippen MR) is 118 cm³/mol. The Morgan fingerprint density at radius 2 is 1.55 bits per heavy atom. The monoisotopic (exact) mass is 437 g/mol. The van der Waals surface area contributed by atoms with E-state index in [1.165, 1.54) is 21.1 Å². The van der Waals surface area contributed by atoms with Gasteiger partial charge in [0.2, 0.25) is 10.0 Å². The van der Waals surface area contributed by atoms with Gasteiger partial charge in [0.25, 0.3) is 5.91 Å². The van der Waals surface area contributed by atoms with Crippen LogP contribution in [-0.2, 0) is 17.1 Å². The van der Waals surface area contributed by atoms with E-state index in [1.54, 1.807) is 31.3 Å². The van der Waals surface area contributed by atoms with Crippen LogP contribution in [0.3, 0.4) is 0 Å². The summed E-state index contributed by atoms with van der Waals surface area (Å²) in [6.07, 6.45) is 3.20. The molecule has 0 atom stereocenters. The van der Waals surface area contributed by atoms with Crippen LogP contribution in [0.1, 0.15) is 23.3 Å². The summed E-state index contributed by atoms with van der Waals surface area (Å²) in [4.78, 5) is 12.8. The molecule has 9 heteroatoms. The van der Waals surface area contributed by atoms with Crippen LogP contribution in [0.5, 0.6) is 0 Å². The van der Waals surface area contributed by atoms with Crippen LogP contribution in [0.25, 0.3) is 0 Å². The van der Waals surface area contributed by atoms with Gasteiger partial charge in [-0.1, -0.05) is 18.2 Å². The molecule has 0 unspecified atom stereocenters. The predicted octanol–water partition coefficient (Wildman–Crippen LogP) is 4.48. The summed E-state index contributed by atoms with van der Waals surface area (Å²) in [6, 6.07) is 17.8. The molecule has 1 amide bonds. The van der Waals surface area contributed by atoms with E-state index < -0.39 is 10.0 Å². The Labute approximate surface area is 181 Å². The average Bonchev–Trinajstić information content (AvgIpc) is 3.45. The molecule has 4 rings (SSSR count). The highest BCUT2D eigenvalue weighted by Crippen LogP contribution is 2.24. The van der Waals surface area contributed by atoms with Crippen LogP contribution in [0.2, 0.25) is 0 Å². The maximum absolute atomic E-state index is 12.7. The van der Waals surface area contributed by atoms with Crippen molar-refractivity contribution in [3.63, 3.8) is 0 Å². The van der Waals surface area contributed by atoms with Crippen LogP contribution < -0.4 is 5.32 Å². The van der Waals surface area contributed by atoms with Crippen molar-refractivity contribution in [1.82, 2.24) is 8.87 Å². The number of carbonyl (C=O) groups excluding carboxylic acids is 1. The van der Waals surface area contributed by atoms with Crippen LogP contribution in [0, 0.1) is 0 Å². The first-order chi connectivity index (χ1) is 14.9. The molecule has 3 aromatic rings. The minimum atomic E-state index is -3.57. The van der Waals surface area contributed by atoms with Crippen molar-refractivity contribution >= 4 is 33.0 Å². The molecule has 1 aliphatic heterocycles. The number of nitrogens with zero attached hydrogens (tertiary/aromatic N) is 4. The van der Waals surface area contributed by atoms with E-state index in [4.69, 9.17) is 0 Å². The number of benzene rings is 2. The van der Waals surface area contributed by atoms with Crippen molar-refractivity contribution in [2.75, 3.05) is 18.4 Å². The molecule has 160 valence electrons. The first-order valence-corrected chi connectivity index (χ1v) is 11.4. The molecule has 0 radical (unpaired) electrons. The van der Waals surface area contributed by atoms with Gasteiger partial charge in [0.15, 0.2) is 0 Å². The fraction of sp³-hybridized carbons (Fsp3) is 0.227. The molecule has 0 aliphatic carbocycles. The van der Waals surface area contributed by atoms with Crippen LogP contribution in [0.15, 0.2) is 82.0 Å². The average molecular weight is 438 g/mol. The lowest BCUT2D eigenvalue weighted by molar-refractivity contribution is 0.101. The van der Waals surface area contributed by atoms with Crippen molar-refractivity contribution in [2.24, 2.45) is 17.3 Å². The van der Waals surface area contributed by atoms with Gasteiger partial charge in [-0.25, -0.2) is 8.42 Å². The lowest BCUT2D eigenvalue weighted by atomic mass is 10.2. The van der Waals surface area contributed by atoms with Crippen molar-refractivity contribution in [3.05, 3.63) is 72.6 Å². The number of amides is 1. The normalized spacial score (nSPS) is 14.9. The van der Waals surface area contributed by atoms with Crippen molar-refractivity contribution in [1.29, 1.82) is 0 Å². The van der Waals surface area contributed by atoms with E-state index in [0.717, 1.165) is 18.5 Å². The quantitative estimate of drug-likeness (QED) is 0.576. The number of rotatable bonds is 6. The molecule has 31 heavy (non-hydrogen) atoms. The van der Waals surface area contributed by atoms with Gasteiger partial charge < -0.3 is 9.88 Å². The van der Waals surface area contributed by atoms with Gasteiger partial charge in [0, 0.05) is 32.0 Å². The Hall–Kier alpha value is -3.30. The Balaban J connectivity index is 1.45. The van der Waals surface area contributed by atoms with Gasteiger partial charge in [0.1, 0.15) is 10.6 Å². The third-order valence-corrected chi connectivity index (χ3v) is 6.94. The zero-order chi connectivity index (χ0) is 21.8. The SMILES string of the molecule is Cn1cc(S(=O)(=O)N2CCCC2)cc1C(=O)Nc1ccc(N=Nc2ccccc2)cc1. The van der Waals surface area contributed by atoms with E-state index in [0.29, 0.717) is 24.5 Å². The fourth-order valence-electron chi connectivity index (χ4n) is 3.40. The third kappa shape index (κ3) is 4.73. The van der Waals surface area contributed by atoms with Crippen LogP contribution >= 0.6 is 0 Å². The van der Waals surface area contributed by atoms with E-state index in [9.17, 15) is 13.2 Å². The second kappa shape index (κ2) is 8.83. The number of sulfonamides is 1. The fourth-order valence-corrected chi connectivity index (χ4v) is 4.98. The van der Waals surface area contributed by atoms with Crippen LogP contribution in [0.4, 0.5) is 17.1 Å². The topological polar surface area (TPSA) is 96.1 Å². The first kappa shape index (κ1) is 21.0. The summed E-state index contributed by atoms with van der Waals surface area (Å²) in [5.74, 6) is -0.385. The molecule has 1 saturated heterocycles. The molecular weight excluding hydrogens is 414 g/mol. The number of azo groups is 1.